The number of aryl methyl sites for hydroxylation is 2. The summed E-state index contributed by atoms with van der Waals surface area (Å²) in [6.07, 6.45) is 1.69. The molecule has 0 aliphatic carbocycles. The highest BCUT2D eigenvalue weighted by atomic mass is 35.5. The van der Waals surface area contributed by atoms with Crippen molar-refractivity contribution in [2.24, 2.45) is 0 Å². The van der Waals surface area contributed by atoms with Crippen molar-refractivity contribution in [3.05, 3.63) is 44.9 Å². The highest BCUT2D eigenvalue weighted by Gasteiger charge is 2.12. The molecular formula is C13H15ClN2S. The third-order valence-corrected chi connectivity index (χ3v) is 3.96. The lowest BCUT2D eigenvalue weighted by Crippen LogP contribution is -2.07. The Hall–Kier alpha value is -1.06. The molecule has 0 amide bonds. The van der Waals surface area contributed by atoms with Crippen LogP contribution in [0.5, 0.6) is 0 Å². The van der Waals surface area contributed by atoms with Crippen LogP contribution in [0.15, 0.2) is 24.4 Å². The number of nitrogens with zero attached hydrogens (tertiary/aromatic N) is 1. The van der Waals surface area contributed by atoms with Crippen molar-refractivity contribution < 1.29 is 0 Å². The van der Waals surface area contributed by atoms with Crippen molar-refractivity contribution in [2.45, 2.75) is 26.8 Å². The number of rotatable bonds is 3. The van der Waals surface area contributed by atoms with E-state index in [0.29, 0.717) is 5.15 Å². The van der Waals surface area contributed by atoms with Crippen LogP contribution in [0.4, 0.5) is 5.69 Å². The van der Waals surface area contributed by atoms with Crippen LogP contribution in [-0.2, 0) is 0 Å². The highest BCUT2D eigenvalue weighted by molar-refractivity contribution is 7.12. The Kier molecular flexibility index (Phi) is 3.69. The zero-order chi connectivity index (χ0) is 12.4. The maximum absolute atomic E-state index is 6.03. The molecule has 0 fully saturated rings. The smallest absolute Gasteiger partial charge is 0.152 e. The van der Waals surface area contributed by atoms with Crippen molar-refractivity contribution in [3.63, 3.8) is 0 Å². The molecule has 0 aliphatic rings. The van der Waals surface area contributed by atoms with E-state index in [1.54, 1.807) is 6.20 Å². The number of nitrogens with one attached hydrogen (secondary N) is 1. The van der Waals surface area contributed by atoms with E-state index < -0.39 is 0 Å². The van der Waals surface area contributed by atoms with E-state index >= 15 is 0 Å². The number of hydrogen-bond donors (Lipinski definition) is 1. The first-order valence-electron chi connectivity index (χ1n) is 5.52. The fourth-order valence-corrected chi connectivity index (χ4v) is 3.08. The van der Waals surface area contributed by atoms with Crippen molar-refractivity contribution in [1.29, 1.82) is 0 Å². The minimum absolute atomic E-state index is 0.238. The normalized spacial score (nSPS) is 12.5. The van der Waals surface area contributed by atoms with Gasteiger partial charge in [0.2, 0.25) is 0 Å². The molecule has 0 radical (unpaired) electrons. The Morgan fingerprint density at radius 2 is 2.18 bits per heavy atom. The predicted molar refractivity (Wildman–Crippen MR) is 75.1 cm³/mol. The van der Waals surface area contributed by atoms with Gasteiger partial charge in [0.15, 0.2) is 5.15 Å². The zero-order valence-electron chi connectivity index (χ0n) is 10.1. The molecule has 0 aliphatic heterocycles. The maximum atomic E-state index is 6.03. The van der Waals surface area contributed by atoms with Crippen LogP contribution in [0, 0.1) is 13.8 Å². The van der Waals surface area contributed by atoms with Crippen LogP contribution in [0.3, 0.4) is 0 Å². The minimum Gasteiger partial charge on any atom is -0.376 e. The van der Waals surface area contributed by atoms with Gasteiger partial charge in [-0.05, 0) is 44.5 Å². The van der Waals surface area contributed by atoms with Gasteiger partial charge in [-0.15, -0.1) is 11.3 Å². The molecule has 1 unspecified atom stereocenters. The topological polar surface area (TPSA) is 24.9 Å². The minimum atomic E-state index is 0.238. The van der Waals surface area contributed by atoms with Crippen LogP contribution < -0.4 is 5.32 Å². The fraction of sp³-hybridized carbons (Fsp3) is 0.308. The Bertz CT molecular complexity index is 522. The van der Waals surface area contributed by atoms with Gasteiger partial charge < -0.3 is 5.32 Å². The van der Waals surface area contributed by atoms with Crippen molar-refractivity contribution >= 4 is 28.6 Å². The molecule has 0 bridgehead atoms. The first-order chi connectivity index (χ1) is 8.08. The SMILES string of the molecule is Cc1cc(C(C)Nc2cccnc2Cl)c(C)s1. The van der Waals surface area contributed by atoms with E-state index in [2.05, 4.69) is 37.1 Å². The lowest BCUT2D eigenvalue weighted by Gasteiger charge is -2.15. The molecule has 1 N–H and O–H groups in total. The first-order valence-corrected chi connectivity index (χ1v) is 6.71. The number of aromatic nitrogens is 1. The van der Waals surface area contributed by atoms with Gasteiger partial charge in [-0.3, -0.25) is 0 Å². The predicted octanol–water partition coefficient (Wildman–Crippen LogP) is 4.59. The van der Waals surface area contributed by atoms with Gasteiger partial charge in [-0.1, -0.05) is 11.6 Å². The Balaban J connectivity index is 2.20. The summed E-state index contributed by atoms with van der Waals surface area (Å²) in [5.41, 5.74) is 2.21. The summed E-state index contributed by atoms with van der Waals surface area (Å²) < 4.78 is 0. The molecule has 0 aromatic carbocycles. The summed E-state index contributed by atoms with van der Waals surface area (Å²) in [6, 6.07) is 6.29. The third-order valence-electron chi connectivity index (χ3n) is 2.68. The first kappa shape index (κ1) is 12.4. The monoisotopic (exact) mass is 266 g/mol. The molecule has 0 spiro atoms. The molecule has 2 rings (SSSR count). The summed E-state index contributed by atoms with van der Waals surface area (Å²) in [7, 11) is 0. The molecule has 17 heavy (non-hydrogen) atoms. The van der Waals surface area contributed by atoms with Crippen LogP contribution >= 0.6 is 22.9 Å². The van der Waals surface area contributed by atoms with Crippen LogP contribution in [0.1, 0.15) is 28.3 Å². The quantitative estimate of drug-likeness (QED) is 0.822. The Labute approximate surface area is 111 Å². The molecule has 4 heteroatoms. The maximum Gasteiger partial charge on any atom is 0.152 e. The summed E-state index contributed by atoms with van der Waals surface area (Å²) in [5, 5.41) is 3.91. The van der Waals surface area contributed by atoms with E-state index in [4.69, 9.17) is 11.6 Å². The van der Waals surface area contributed by atoms with Gasteiger partial charge in [0.05, 0.1) is 5.69 Å². The lowest BCUT2D eigenvalue weighted by atomic mass is 10.1. The second-order valence-electron chi connectivity index (χ2n) is 4.08. The second kappa shape index (κ2) is 5.07. The molecule has 2 heterocycles. The fourth-order valence-electron chi connectivity index (χ4n) is 1.89. The van der Waals surface area contributed by atoms with E-state index in [1.807, 2.05) is 23.5 Å². The Morgan fingerprint density at radius 1 is 1.41 bits per heavy atom. The molecule has 2 aromatic rings. The van der Waals surface area contributed by atoms with Gasteiger partial charge in [-0.2, -0.15) is 0 Å². The van der Waals surface area contributed by atoms with E-state index in [0.717, 1.165) is 5.69 Å². The summed E-state index contributed by atoms with van der Waals surface area (Å²) >= 11 is 7.85. The van der Waals surface area contributed by atoms with Crippen LogP contribution in [-0.4, -0.2) is 4.98 Å². The summed E-state index contributed by atoms with van der Waals surface area (Å²) in [4.78, 5) is 6.75. The molecule has 2 nitrogen and oxygen atoms in total. The average Bonchev–Trinajstić information content (AvgIpc) is 2.61. The third kappa shape index (κ3) is 2.79. The number of halogens is 1. The van der Waals surface area contributed by atoms with Crippen molar-refractivity contribution in [3.8, 4) is 0 Å². The average molecular weight is 267 g/mol. The Morgan fingerprint density at radius 3 is 2.76 bits per heavy atom. The molecule has 1 atom stereocenters. The standard InChI is InChI=1S/C13H15ClN2S/c1-8-7-11(10(3)17-8)9(2)16-12-5-4-6-15-13(12)14/h4-7,9,16H,1-3H3. The highest BCUT2D eigenvalue weighted by Crippen LogP contribution is 2.30. The lowest BCUT2D eigenvalue weighted by molar-refractivity contribution is 0.880. The van der Waals surface area contributed by atoms with E-state index in [-0.39, 0.29) is 6.04 Å². The van der Waals surface area contributed by atoms with Gasteiger partial charge in [0.25, 0.3) is 0 Å². The van der Waals surface area contributed by atoms with Gasteiger partial charge >= 0.3 is 0 Å². The molecular weight excluding hydrogens is 252 g/mol. The van der Waals surface area contributed by atoms with E-state index in [9.17, 15) is 0 Å². The van der Waals surface area contributed by atoms with Crippen LogP contribution in [0.2, 0.25) is 5.15 Å². The molecule has 90 valence electrons. The number of pyridine rings is 1. The molecule has 0 saturated carbocycles. The summed E-state index contributed by atoms with van der Waals surface area (Å²) in [5.74, 6) is 0. The second-order valence-corrected chi connectivity index (χ2v) is 5.89. The van der Waals surface area contributed by atoms with Crippen molar-refractivity contribution in [2.75, 3.05) is 5.32 Å². The number of thiophene rings is 1. The zero-order valence-corrected chi connectivity index (χ0v) is 11.7. The van der Waals surface area contributed by atoms with Crippen molar-refractivity contribution in [1.82, 2.24) is 4.98 Å². The molecule has 2 aromatic heterocycles. The molecule has 0 saturated heterocycles. The summed E-state index contributed by atoms with van der Waals surface area (Å²) in [6.45, 7) is 6.42. The number of hydrogen-bond acceptors (Lipinski definition) is 3. The van der Waals surface area contributed by atoms with Crippen LogP contribution in [0.25, 0.3) is 0 Å². The van der Waals surface area contributed by atoms with Gasteiger partial charge in [0, 0.05) is 22.0 Å². The van der Waals surface area contributed by atoms with Gasteiger partial charge in [0.1, 0.15) is 0 Å². The number of anilines is 1. The largest absolute Gasteiger partial charge is 0.376 e. The van der Waals surface area contributed by atoms with Gasteiger partial charge in [-0.25, -0.2) is 4.98 Å². The van der Waals surface area contributed by atoms with E-state index in [1.165, 1.54) is 15.3 Å².